The summed E-state index contributed by atoms with van der Waals surface area (Å²) < 4.78 is 22.0. The summed E-state index contributed by atoms with van der Waals surface area (Å²) in [6.07, 6.45) is 18.8. The average Bonchev–Trinajstić information content (AvgIpc) is 3.67. The number of oxazole rings is 2. The van der Waals surface area contributed by atoms with Gasteiger partial charge < -0.3 is 28.1 Å². The number of carbonyl (C=O) groups is 4. The molecule has 0 radical (unpaired) electrons. The van der Waals surface area contributed by atoms with Gasteiger partial charge in [0.2, 0.25) is 0 Å². The van der Waals surface area contributed by atoms with E-state index in [-0.39, 0.29) is 59.8 Å². The third-order valence-corrected chi connectivity index (χ3v) is 9.03. The molecule has 2 saturated carbocycles. The molecule has 12 heteroatoms. The van der Waals surface area contributed by atoms with Crippen LogP contribution in [0.25, 0.3) is 0 Å². The Balaban J connectivity index is 0.000000280. The molecule has 0 aromatic carbocycles. The van der Waals surface area contributed by atoms with Crippen LogP contribution in [0.2, 0.25) is 0 Å². The van der Waals surface area contributed by atoms with Crippen LogP contribution in [0, 0.1) is 11.8 Å². The van der Waals surface area contributed by atoms with Gasteiger partial charge in [0.25, 0.3) is 11.8 Å². The predicted molar refractivity (Wildman–Crippen MR) is 198 cm³/mol. The molecule has 0 N–H and O–H groups in total. The van der Waals surface area contributed by atoms with Crippen LogP contribution in [-0.4, -0.2) is 82.9 Å². The first kappa shape index (κ1) is 42.5. The Kier molecular flexibility index (Phi) is 15.7. The van der Waals surface area contributed by atoms with Crippen LogP contribution >= 0.6 is 0 Å². The van der Waals surface area contributed by atoms with Crippen molar-refractivity contribution in [3.05, 3.63) is 47.8 Å². The van der Waals surface area contributed by atoms with Crippen molar-refractivity contribution in [3.63, 3.8) is 0 Å². The van der Waals surface area contributed by atoms with E-state index >= 15 is 0 Å². The fourth-order valence-corrected chi connectivity index (χ4v) is 5.86. The molecule has 290 valence electrons. The predicted octanol–water partition coefficient (Wildman–Crippen LogP) is 8.10. The van der Waals surface area contributed by atoms with Crippen LogP contribution < -0.4 is 0 Å². The van der Waals surface area contributed by atoms with E-state index in [4.69, 9.17) is 18.3 Å². The van der Waals surface area contributed by atoms with Gasteiger partial charge in [0.15, 0.2) is 23.2 Å². The molecule has 2 aliphatic rings. The highest BCUT2D eigenvalue weighted by Gasteiger charge is 2.28. The fraction of sp³-hybridized carbons (Fsp3) is 0.700. The highest BCUT2D eigenvalue weighted by atomic mass is 16.6. The Labute approximate surface area is 310 Å². The first-order valence-corrected chi connectivity index (χ1v) is 18.8. The fourth-order valence-electron chi connectivity index (χ4n) is 5.86. The minimum atomic E-state index is -0.536. The van der Waals surface area contributed by atoms with Crippen LogP contribution in [0.4, 0.5) is 0 Å². The van der Waals surface area contributed by atoms with Gasteiger partial charge in [-0.1, -0.05) is 50.7 Å². The van der Waals surface area contributed by atoms with Gasteiger partial charge in [0, 0.05) is 40.0 Å². The molecule has 2 aromatic heterocycles. The number of hydrogen-bond donors (Lipinski definition) is 0. The van der Waals surface area contributed by atoms with Crippen molar-refractivity contribution in [1.82, 2.24) is 19.8 Å². The lowest BCUT2D eigenvalue weighted by atomic mass is 9.81. The van der Waals surface area contributed by atoms with Crippen LogP contribution in [0.5, 0.6) is 0 Å². The summed E-state index contributed by atoms with van der Waals surface area (Å²) in [6, 6.07) is 0. The van der Waals surface area contributed by atoms with Gasteiger partial charge in [0.1, 0.15) is 23.7 Å². The van der Waals surface area contributed by atoms with Crippen molar-refractivity contribution in [2.75, 3.05) is 28.2 Å². The molecule has 2 heterocycles. The second kappa shape index (κ2) is 19.2. The molecule has 2 aromatic rings. The highest BCUT2D eigenvalue weighted by molar-refractivity contribution is 5.92. The average molecular weight is 727 g/mol. The van der Waals surface area contributed by atoms with Crippen molar-refractivity contribution in [1.29, 1.82) is 0 Å². The van der Waals surface area contributed by atoms with E-state index in [1.807, 2.05) is 41.5 Å². The van der Waals surface area contributed by atoms with E-state index in [9.17, 15) is 19.2 Å². The van der Waals surface area contributed by atoms with Crippen molar-refractivity contribution in [2.45, 2.75) is 142 Å². The molecule has 4 rings (SSSR count). The maximum Gasteiger partial charge on any atom is 0.307 e. The lowest BCUT2D eigenvalue weighted by Gasteiger charge is -2.26. The van der Waals surface area contributed by atoms with Crippen molar-refractivity contribution in [3.8, 4) is 0 Å². The van der Waals surface area contributed by atoms with Crippen LogP contribution in [-0.2, 0) is 19.1 Å². The van der Waals surface area contributed by atoms with Gasteiger partial charge in [-0.2, -0.15) is 0 Å². The Morgan fingerprint density at radius 2 is 1.23 bits per heavy atom. The van der Waals surface area contributed by atoms with Crippen molar-refractivity contribution in [2.24, 2.45) is 11.8 Å². The van der Waals surface area contributed by atoms with Gasteiger partial charge in [-0.3, -0.25) is 19.2 Å². The minimum absolute atomic E-state index is 0.159. The Morgan fingerprint density at radius 3 is 1.63 bits per heavy atom. The number of amides is 2. The van der Waals surface area contributed by atoms with Crippen molar-refractivity contribution >= 4 is 23.8 Å². The molecule has 52 heavy (non-hydrogen) atoms. The Hall–Kier alpha value is -3.96. The maximum atomic E-state index is 12.3. The first-order chi connectivity index (χ1) is 24.3. The lowest BCUT2D eigenvalue weighted by Crippen LogP contribution is -2.25. The SMILES string of the molecule is CN(C)C(=O)c1coc([C@H](C/C=C\C2CCC2)CC(=O)OC(C)(C)C)n1.CN(C)C(=O)c1coc([C@H](CCCC2CCC2)CC(=O)OC(C)(C)C)n1. The third-order valence-electron chi connectivity index (χ3n) is 9.03. The third kappa shape index (κ3) is 14.6. The summed E-state index contributed by atoms with van der Waals surface area (Å²) >= 11 is 0. The van der Waals surface area contributed by atoms with Gasteiger partial charge in [0.05, 0.1) is 12.8 Å². The number of aromatic nitrogens is 2. The van der Waals surface area contributed by atoms with E-state index < -0.39 is 11.2 Å². The number of nitrogens with zero attached hydrogens (tertiary/aromatic N) is 4. The van der Waals surface area contributed by atoms with Crippen LogP contribution in [0.15, 0.2) is 33.5 Å². The Morgan fingerprint density at radius 1 is 0.769 bits per heavy atom. The molecule has 0 saturated heterocycles. The summed E-state index contributed by atoms with van der Waals surface area (Å²) in [4.78, 5) is 60.2. The minimum Gasteiger partial charge on any atom is -0.460 e. The molecule has 2 amide bonds. The van der Waals surface area contributed by atoms with Gasteiger partial charge in [-0.15, -0.1) is 0 Å². The standard InChI is InChI=1S/C20H32N2O4.C20H30N2O4/c2*1-20(2,3)26-17(23)12-15(11-7-10-14-8-6-9-14)18-21-16(13-25-18)19(24)22(4)5/h13-15H,6-12H2,1-5H3;7,10,13-15H,6,8-9,11-12H2,1-5H3/b;10-7-/t2*15-/m11/s1. The zero-order chi connectivity index (χ0) is 38.6. The number of ether oxygens (including phenoxy) is 2. The summed E-state index contributed by atoms with van der Waals surface area (Å²) in [5, 5.41) is 0. The molecule has 12 nitrogen and oxygen atoms in total. The molecule has 2 atom stereocenters. The maximum absolute atomic E-state index is 12.3. The first-order valence-electron chi connectivity index (χ1n) is 18.8. The van der Waals surface area contributed by atoms with Crippen LogP contribution in [0.3, 0.4) is 0 Å². The van der Waals surface area contributed by atoms with E-state index in [1.54, 1.807) is 28.2 Å². The molecule has 0 bridgehead atoms. The van der Waals surface area contributed by atoms with Gasteiger partial charge in [-0.05, 0) is 79.1 Å². The van der Waals surface area contributed by atoms with E-state index in [0.29, 0.717) is 24.1 Å². The van der Waals surface area contributed by atoms with Crippen molar-refractivity contribution < 1.29 is 37.5 Å². The van der Waals surface area contributed by atoms with E-state index in [1.165, 1.54) is 67.3 Å². The number of allylic oxidation sites excluding steroid dienone is 2. The quantitative estimate of drug-likeness (QED) is 0.130. The number of esters is 2. The normalized spacial score (nSPS) is 16.2. The number of hydrogen-bond acceptors (Lipinski definition) is 10. The lowest BCUT2D eigenvalue weighted by molar-refractivity contribution is -0.156. The monoisotopic (exact) mass is 726 g/mol. The zero-order valence-corrected chi connectivity index (χ0v) is 33.2. The van der Waals surface area contributed by atoms with Gasteiger partial charge in [-0.25, -0.2) is 9.97 Å². The van der Waals surface area contributed by atoms with E-state index in [2.05, 4.69) is 22.1 Å². The molecular weight excluding hydrogens is 664 g/mol. The second-order valence-electron chi connectivity index (χ2n) is 16.6. The molecule has 2 aliphatic carbocycles. The molecule has 2 fully saturated rings. The van der Waals surface area contributed by atoms with E-state index in [0.717, 1.165) is 18.8 Å². The summed E-state index contributed by atoms with van der Waals surface area (Å²) in [5.74, 6) is 0.947. The molecule has 0 unspecified atom stereocenters. The van der Waals surface area contributed by atoms with Crippen LogP contribution in [0.1, 0.15) is 163 Å². The zero-order valence-electron chi connectivity index (χ0n) is 33.2. The van der Waals surface area contributed by atoms with Gasteiger partial charge >= 0.3 is 11.9 Å². The highest BCUT2D eigenvalue weighted by Crippen LogP contribution is 2.34. The molecule has 0 spiro atoms. The largest absolute Gasteiger partial charge is 0.460 e. The smallest absolute Gasteiger partial charge is 0.307 e. The Bertz CT molecular complexity index is 1480. The summed E-state index contributed by atoms with van der Waals surface area (Å²) in [6.45, 7) is 11.1. The molecule has 0 aliphatic heterocycles. The number of rotatable bonds is 15. The second-order valence-corrected chi connectivity index (χ2v) is 16.6. The molecular formula is C40H62N4O8. The number of carbonyl (C=O) groups excluding carboxylic acids is 4. The topological polar surface area (TPSA) is 145 Å². The summed E-state index contributed by atoms with van der Waals surface area (Å²) in [5.41, 5.74) is -0.525. The summed E-state index contributed by atoms with van der Waals surface area (Å²) in [7, 11) is 6.67.